The van der Waals surface area contributed by atoms with Crippen molar-refractivity contribution in [3.8, 4) is 0 Å². The molecule has 0 radical (unpaired) electrons. The Morgan fingerprint density at radius 3 is 1.47 bits per heavy atom. The van der Waals surface area contributed by atoms with Crippen LogP contribution < -0.4 is 0 Å². The van der Waals surface area contributed by atoms with E-state index in [-0.39, 0.29) is 25.3 Å². The highest BCUT2D eigenvalue weighted by molar-refractivity contribution is 6.06. The Labute approximate surface area is 205 Å². The number of hydrazine groups is 2. The average molecular weight is 496 g/mol. The van der Waals surface area contributed by atoms with Gasteiger partial charge in [-0.05, 0) is 0 Å². The number of hydrogen-bond donors (Lipinski definition) is 0. The number of amides is 4. The van der Waals surface area contributed by atoms with Crippen molar-refractivity contribution >= 4 is 35.7 Å². The van der Waals surface area contributed by atoms with E-state index >= 15 is 0 Å². The second kappa shape index (κ2) is 8.10. The molecule has 0 spiro atoms. The summed E-state index contributed by atoms with van der Waals surface area (Å²) in [7, 11) is 3.12. The van der Waals surface area contributed by atoms with E-state index in [4.69, 9.17) is 9.47 Å². The van der Waals surface area contributed by atoms with Crippen LogP contribution in [0.2, 0.25) is 0 Å². The predicted octanol–water partition coefficient (Wildman–Crippen LogP) is -0.177. The van der Waals surface area contributed by atoms with Gasteiger partial charge in [-0.1, -0.05) is 24.3 Å². The number of hydrazone groups is 2. The molecule has 6 heterocycles. The lowest BCUT2D eigenvalue weighted by atomic mass is 10.1. The maximum absolute atomic E-state index is 12.9. The van der Waals surface area contributed by atoms with Gasteiger partial charge in [0.1, 0.15) is 13.2 Å². The lowest BCUT2D eigenvalue weighted by Gasteiger charge is -2.39. The predicted molar refractivity (Wildman–Crippen MR) is 122 cm³/mol. The summed E-state index contributed by atoms with van der Waals surface area (Å²) in [6.07, 6.45) is 0.749. The van der Waals surface area contributed by atoms with Crippen LogP contribution in [0.5, 0.6) is 0 Å². The molecule has 0 saturated carbocycles. The lowest BCUT2D eigenvalue weighted by Crippen LogP contribution is -2.58. The minimum Gasteiger partial charge on any atom is -0.460 e. The first kappa shape index (κ1) is 22.1. The molecule has 14 heteroatoms. The molecule has 6 aliphatic heterocycles. The number of ether oxygens (including phenoxy) is 2. The van der Waals surface area contributed by atoms with Crippen molar-refractivity contribution in [3.05, 3.63) is 35.4 Å². The minimum atomic E-state index is -0.744. The van der Waals surface area contributed by atoms with Crippen molar-refractivity contribution in [2.45, 2.75) is 24.9 Å². The number of nitrogens with zero attached hydrogens (tertiary/aromatic N) is 8. The molecule has 2 atom stereocenters. The summed E-state index contributed by atoms with van der Waals surface area (Å²) in [5.41, 5.74) is 1.34. The van der Waals surface area contributed by atoms with Crippen LogP contribution in [0.4, 0.5) is 9.59 Å². The second-order valence-corrected chi connectivity index (χ2v) is 8.92. The monoisotopic (exact) mass is 496 g/mol. The number of amidine groups is 2. The molecule has 2 bridgehead atoms. The highest BCUT2D eigenvalue weighted by Crippen LogP contribution is 2.30. The number of carbonyl (C=O) groups excluding carboxylic acids is 4. The van der Waals surface area contributed by atoms with E-state index in [9.17, 15) is 19.2 Å². The molecule has 2 unspecified atom stereocenters. The highest BCUT2D eigenvalue weighted by atomic mass is 16.6. The quantitative estimate of drug-likeness (QED) is 0.452. The molecule has 188 valence electrons. The van der Waals surface area contributed by atoms with Crippen LogP contribution in [0.25, 0.3) is 0 Å². The van der Waals surface area contributed by atoms with Crippen molar-refractivity contribution in [1.29, 1.82) is 0 Å². The number of esters is 2. The molecule has 0 aliphatic carbocycles. The number of urea groups is 2. The van der Waals surface area contributed by atoms with Gasteiger partial charge in [-0.15, -0.1) is 10.2 Å². The third-order valence-electron chi connectivity index (χ3n) is 6.78. The number of carbonyl (C=O) groups is 4. The van der Waals surface area contributed by atoms with Crippen molar-refractivity contribution < 1.29 is 28.7 Å². The smallest absolute Gasteiger partial charge is 0.359 e. The van der Waals surface area contributed by atoms with Gasteiger partial charge in [0.2, 0.25) is 0 Å². The number of fused-ring (bicyclic) bond motifs is 7. The Balaban J connectivity index is 1.45. The molecule has 0 aromatic heterocycles. The third kappa shape index (κ3) is 3.24. The molecule has 14 nitrogen and oxygen atoms in total. The molecular formula is C22H24N8O6. The summed E-state index contributed by atoms with van der Waals surface area (Å²) in [5, 5.41) is 17.5. The van der Waals surface area contributed by atoms with E-state index in [2.05, 4.69) is 10.2 Å². The standard InChI is InChI=1S/C22H24N8O6/c1-25-21(33)27-9-7-15-19(31)35-11-12-36-20(32)16-8-10-28-22(34)26(2)24-18(30(16)28)14-5-3-13(4-6-14)17(23-25)29(15)27/h3-6,15-16H,7-12H2,1-2H3. The fraction of sp³-hybridized carbons (Fsp3) is 0.455. The number of hydrogen-bond acceptors (Lipinski definition) is 10. The van der Waals surface area contributed by atoms with Crippen LogP contribution in [-0.2, 0) is 19.1 Å². The van der Waals surface area contributed by atoms with Gasteiger partial charge in [0, 0.05) is 51.2 Å². The number of rotatable bonds is 0. The van der Waals surface area contributed by atoms with Gasteiger partial charge in [0.25, 0.3) is 0 Å². The van der Waals surface area contributed by atoms with E-state index in [0.717, 1.165) is 0 Å². The van der Waals surface area contributed by atoms with Crippen molar-refractivity contribution in [3.63, 3.8) is 0 Å². The van der Waals surface area contributed by atoms with Crippen molar-refractivity contribution in [2.75, 3.05) is 40.4 Å². The van der Waals surface area contributed by atoms with Crippen LogP contribution in [0.3, 0.4) is 0 Å². The topological polar surface area (TPSA) is 131 Å². The Kier molecular flexibility index (Phi) is 4.98. The number of benzene rings is 1. The van der Waals surface area contributed by atoms with Crippen LogP contribution >= 0.6 is 0 Å². The van der Waals surface area contributed by atoms with Gasteiger partial charge >= 0.3 is 24.0 Å². The average Bonchev–Trinajstić information content (AvgIpc) is 3.51. The Hall–Kier alpha value is -4.36. The van der Waals surface area contributed by atoms with Gasteiger partial charge in [0.15, 0.2) is 23.8 Å². The van der Waals surface area contributed by atoms with Gasteiger partial charge in [0.05, 0.1) is 0 Å². The fourth-order valence-corrected chi connectivity index (χ4v) is 5.04. The maximum atomic E-state index is 12.9. The molecule has 36 heavy (non-hydrogen) atoms. The van der Waals surface area contributed by atoms with Gasteiger partial charge in [-0.25, -0.2) is 49.2 Å². The molecule has 2 fully saturated rings. The normalized spacial score (nSPS) is 26.1. The van der Waals surface area contributed by atoms with E-state index in [0.29, 0.717) is 48.7 Å². The van der Waals surface area contributed by atoms with Crippen LogP contribution in [0.15, 0.2) is 34.5 Å². The summed E-state index contributed by atoms with van der Waals surface area (Å²) >= 11 is 0. The highest BCUT2D eigenvalue weighted by Gasteiger charge is 2.48. The first-order valence-electron chi connectivity index (χ1n) is 11.6. The van der Waals surface area contributed by atoms with Gasteiger partial charge < -0.3 is 9.47 Å². The van der Waals surface area contributed by atoms with Crippen LogP contribution in [0, 0.1) is 0 Å². The summed E-state index contributed by atoms with van der Waals surface area (Å²) in [5.74, 6) is -0.206. The summed E-state index contributed by atoms with van der Waals surface area (Å²) in [6, 6.07) is 5.02. The Morgan fingerprint density at radius 1 is 0.694 bits per heavy atom. The summed E-state index contributed by atoms with van der Waals surface area (Å²) in [6.45, 7) is 0.390. The molecule has 4 amide bonds. The van der Waals surface area contributed by atoms with Crippen LogP contribution in [0.1, 0.15) is 24.0 Å². The van der Waals surface area contributed by atoms with E-state index in [1.807, 2.05) is 0 Å². The van der Waals surface area contributed by atoms with E-state index < -0.39 is 24.0 Å². The fourth-order valence-electron chi connectivity index (χ4n) is 5.04. The van der Waals surface area contributed by atoms with Crippen molar-refractivity contribution in [1.82, 2.24) is 30.1 Å². The molecule has 0 N–H and O–H groups in total. The molecule has 6 aliphatic rings. The molecule has 1 aromatic carbocycles. The first-order valence-corrected chi connectivity index (χ1v) is 11.6. The molecule has 1 aromatic rings. The largest absolute Gasteiger partial charge is 0.460 e. The lowest BCUT2D eigenvalue weighted by molar-refractivity contribution is -0.158. The van der Waals surface area contributed by atoms with E-state index in [1.165, 1.54) is 20.0 Å². The third-order valence-corrected chi connectivity index (χ3v) is 6.78. The molecular weight excluding hydrogens is 472 g/mol. The zero-order chi connectivity index (χ0) is 25.1. The minimum absolute atomic E-state index is 0.137. The summed E-state index contributed by atoms with van der Waals surface area (Å²) < 4.78 is 10.8. The molecule has 7 rings (SSSR count). The van der Waals surface area contributed by atoms with Crippen molar-refractivity contribution in [2.24, 2.45) is 10.2 Å². The van der Waals surface area contributed by atoms with E-state index in [1.54, 1.807) is 48.4 Å². The SMILES string of the molecule is CN1N=C2c3ccc(cc3)C3=NN(C)C(=O)N4CCC(C(=O)OCCOC(=O)C5CCN(C1=O)N25)N34. The zero-order valence-electron chi connectivity index (χ0n) is 19.7. The maximum Gasteiger partial charge on any atom is 0.359 e. The van der Waals surface area contributed by atoms with Gasteiger partial charge in [-0.3, -0.25) is 0 Å². The second-order valence-electron chi connectivity index (χ2n) is 8.92. The zero-order valence-corrected chi connectivity index (χ0v) is 19.7. The van der Waals surface area contributed by atoms with Gasteiger partial charge in [-0.2, -0.15) is 0 Å². The summed E-state index contributed by atoms with van der Waals surface area (Å²) in [4.78, 5) is 51.3. The Bertz CT molecular complexity index is 1120. The molecule has 2 saturated heterocycles. The van der Waals surface area contributed by atoms with Crippen LogP contribution in [-0.4, -0.2) is 118 Å². The first-order chi connectivity index (χ1) is 17.3. The Morgan fingerprint density at radius 2 is 1.08 bits per heavy atom.